The molecule has 2 aliphatic rings. The zero-order valence-electron chi connectivity index (χ0n) is 12.6. The second-order valence-electron chi connectivity index (χ2n) is 6.25. The van der Waals surface area contributed by atoms with E-state index in [0.29, 0.717) is 12.1 Å². The Hall–Kier alpha value is -1.80. The zero-order chi connectivity index (χ0) is 14.4. The lowest BCUT2D eigenvalue weighted by atomic mass is 9.97. The normalized spacial score (nSPS) is 22.8. The first-order chi connectivity index (χ1) is 10.2. The van der Waals surface area contributed by atoms with Crippen LogP contribution in [0.3, 0.4) is 0 Å². The molecule has 4 rings (SSSR count). The quantitative estimate of drug-likeness (QED) is 0.900. The molecule has 2 aromatic carbocycles. The van der Waals surface area contributed by atoms with Crippen LogP contribution in [0.25, 0.3) is 11.1 Å². The van der Waals surface area contributed by atoms with E-state index >= 15 is 0 Å². The van der Waals surface area contributed by atoms with Gasteiger partial charge in [0.1, 0.15) is 11.9 Å². The van der Waals surface area contributed by atoms with Gasteiger partial charge in [-0.15, -0.1) is 0 Å². The summed E-state index contributed by atoms with van der Waals surface area (Å²) < 4.78 is 5.79. The number of hydrogen-bond acceptors (Lipinski definition) is 2. The van der Waals surface area contributed by atoms with E-state index in [0.717, 1.165) is 12.2 Å². The molecule has 2 heteroatoms. The molecule has 0 aromatic heterocycles. The van der Waals surface area contributed by atoms with Crippen molar-refractivity contribution in [3.05, 3.63) is 53.1 Å². The predicted octanol–water partition coefficient (Wildman–Crippen LogP) is 3.88. The molecule has 1 heterocycles. The van der Waals surface area contributed by atoms with Crippen molar-refractivity contribution >= 4 is 0 Å². The highest BCUT2D eigenvalue weighted by molar-refractivity contribution is 5.68. The minimum Gasteiger partial charge on any atom is -0.490 e. The summed E-state index contributed by atoms with van der Waals surface area (Å²) >= 11 is 0. The van der Waals surface area contributed by atoms with Gasteiger partial charge < -0.3 is 10.1 Å². The van der Waals surface area contributed by atoms with Crippen LogP contribution in [-0.4, -0.2) is 13.2 Å². The van der Waals surface area contributed by atoms with Gasteiger partial charge in [0.05, 0.1) is 0 Å². The van der Waals surface area contributed by atoms with Crippen molar-refractivity contribution in [3.8, 4) is 16.9 Å². The van der Waals surface area contributed by atoms with E-state index < -0.39 is 0 Å². The Balaban J connectivity index is 1.70. The molecule has 108 valence electrons. The summed E-state index contributed by atoms with van der Waals surface area (Å²) in [4.78, 5) is 0. The molecule has 0 bridgehead atoms. The molecule has 0 spiro atoms. The van der Waals surface area contributed by atoms with Crippen LogP contribution in [0.2, 0.25) is 0 Å². The average molecular weight is 279 g/mol. The Labute approximate surface area is 126 Å². The van der Waals surface area contributed by atoms with Gasteiger partial charge in [-0.1, -0.05) is 24.3 Å². The number of benzene rings is 2. The SMILES string of the molecule is CNC1CCc2cc(-c3ccc4c(c3)CC(C)O4)ccc21. The Morgan fingerprint density at radius 2 is 1.81 bits per heavy atom. The van der Waals surface area contributed by atoms with Gasteiger partial charge in [0, 0.05) is 12.5 Å². The van der Waals surface area contributed by atoms with Crippen molar-refractivity contribution in [2.75, 3.05) is 7.05 Å². The van der Waals surface area contributed by atoms with Crippen molar-refractivity contribution in [3.63, 3.8) is 0 Å². The van der Waals surface area contributed by atoms with Crippen molar-refractivity contribution in [2.45, 2.75) is 38.3 Å². The van der Waals surface area contributed by atoms with Gasteiger partial charge in [-0.25, -0.2) is 0 Å². The van der Waals surface area contributed by atoms with Crippen LogP contribution in [0.4, 0.5) is 0 Å². The summed E-state index contributed by atoms with van der Waals surface area (Å²) in [6, 6.07) is 14.1. The minimum atomic E-state index is 0.312. The molecule has 2 nitrogen and oxygen atoms in total. The van der Waals surface area contributed by atoms with Crippen LogP contribution in [0.5, 0.6) is 5.75 Å². The van der Waals surface area contributed by atoms with Crippen LogP contribution in [-0.2, 0) is 12.8 Å². The highest BCUT2D eigenvalue weighted by Crippen LogP contribution is 2.36. The van der Waals surface area contributed by atoms with E-state index in [1.165, 1.54) is 40.7 Å². The summed E-state index contributed by atoms with van der Waals surface area (Å²) in [6.07, 6.45) is 3.73. The molecule has 2 unspecified atom stereocenters. The number of ether oxygens (including phenoxy) is 1. The fraction of sp³-hybridized carbons (Fsp3) is 0.368. The maximum atomic E-state index is 5.79. The third-order valence-corrected chi connectivity index (χ3v) is 4.80. The Bertz CT molecular complexity index is 692. The summed E-state index contributed by atoms with van der Waals surface area (Å²) in [5, 5.41) is 3.40. The number of fused-ring (bicyclic) bond motifs is 2. The molecular weight excluding hydrogens is 258 g/mol. The molecule has 2 atom stereocenters. The van der Waals surface area contributed by atoms with Gasteiger partial charge in [-0.2, -0.15) is 0 Å². The molecule has 1 N–H and O–H groups in total. The highest BCUT2D eigenvalue weighted by atomic mass is 16.5. The van der Waals surface area contributed by atoms with Gasteiger partial charge in [0.25, 0.3) is 0 Å². The molecule has 2 aromatic rings. The molecular formula is C19H21NO. The minimum absolute atomic E-state index is 0.312. The monoisotopic (exact) mass is 279 g/mol. The zero-order valence-corrected chi connectivity index (χ0v) is 12.6. The molecule has 21 heavy (non-hydrogen) atoms. The van der Waals surface area contributed by atoms with E-state index in [1.807, 2.05) is 0 Å². The smallest absolute Gasteiger partial charge is 0.123 e. The molecule has 0 radical (unpaired) electrons. The van der Waals surface area contributed by atoms with Gasteiger partial charge in [0.2, 0.25) is 0 Å². The maximum absolute atomic E-state index is 5.79. The van der Waals surface area contributed by atoms with E-state index in [4.69, 9.17) is 4.74 Å². The van der Waals surface area contributed by atoms with Gasteiger partial charge in [0.15, 0.2) is 0 Å². The van der Waals surface area contributed by atoms with Crippen LogP contribution in [0.1, 0.15) is 36.1 Å². The number of aryl methyl sites for hydroxylation is 1. The van der Waals surface area contributed by atoms with Gasteiger partial charge >= 0.3 is 0 Å². The summed E-state index contributed by atoms with van der Waals surface area (Å²) in [6.45, 7) is 2.13. The standard InChI is InChI=1S/C19H21NO/c1-12-9-16-11-14(5-8-19(16)21-12)13-3-6-17-15(10-13)4-7-18(17)20-2/h3,5-6,8,10-12,18,20H,4,7,9H2,1-2H3. The van der Waals surface area contributed by atoms with Gasteiger partial charge in [-0.3, -0.25) is 0 Å². The number of rotatable bonds is 2. The van der Waals surface area contributed by atoms with Crippen LogP contribution >= 0.6 is 0 Å². The molecule has 1 aliphatic heterocycles. The van der Waals surface area contributed by atoms with Crippen LogP contribution < -0.4 is 10.1 Å². The third-order valence-electron chi connectivity index (χ3n) is 4.80. The number of nitrogens with one attached hydrogen (secondary N) is 1. The predicted molar refractivity (Wildman–Crippen MR) is 85.8 cm³/mol. The lowest BCUT2D eigenvalue weighted by molar-refractivity contribution is 0.254. The first kappa shape index (κ1) is 12.9. The molecule has 0 saturated heterocycles. The molecule has 0 amide bonds. The highest BCUT2D eigenvalue weighted by Gasteiger charge is 2.22. The topological polar surface area (TPSA) is 21.3 Å². The lowest BCUT2D eigenvalue weighted by Crippen LogP contribution is -2.12. The fourth-order valence-corrected chi connectivity index (χ4v) is 3.70. The van der Waals surface area contributed by atoms with Crippen molar-refractivity contribution in [1.29, 1.82) is 0 Å². The van der Waals surface area contributed by atoms with E-state index in [-0.39, 0.29) is 0 Å². The Morgan fingerprint density at radius 1 is 1.05 bits per heavy atom. The van der Waals surface area contributed by atoms with Crippen molar-refractivity contribution in [1.82, 2.24) is 5.32 Å². The first-order valence-corrected chi connectivity index (χ1v) is 7.84. The second-order valence-corrected chi connectivity index (χ2v) is 6.25. The Kier molecular flexibility index (Phi) is 3.00. The average Bonchev–Trinajstić information content (AvgIpc) is 3.07. The largest absolute Gasteiger partial charge is 0.490 e. The fourth-order valence-electron chi connectivity index (χ4n) is 3.70. The Morgan fingerprint density at radius 3 is 2.62 bits per heavy atom. The molecule has 0 saturated carbocycles. The molecule has 1 aliphatic carbocycles. The van der Waals surface area contributed by atoms with E-state index in [2.05, 4.69) is 55.7 Å². The third kappa shape index (κ3) is 2.14. The van der Waals surface area contributed by atoms with E-state index in [1.54, 1.807) is 0 Å². The van der Waals surface area contributed by atoms with E-state index in [9.17, 15) is 0 Å². The first-order valence-electron chi connectivity index (χ1n) is 7.84. The summed E-state index contributed by atoms with van der Waals surface area (Å²) in [5.41, 5.74) is 6.94. The summed E-state index contributed by atoms with van der Waals surface area (Å²) in [5.74, 6) is 1.06. The second kappa shape index (κ2) is 4.88. The van der Waals surface area contributed by atoms with Crippen LogP contribution in [0.15, 0.2) is 36.4 Å². The lowest BCUT2D eigenvalue weighted by Gasteiger charge is -2.11. The van der Waals surface area contributed by atoms with Crippen LogP contribution in [0, 0.1) is 0 Å². The van der Waals surface area contributed by atoms with Crippen molar-refractivity contribution in [2.24, 2.45) is 0 Å². The van der Waals surface area contributed by atoms with Gasteiger partial charge in [-0.05, 0) is 66.8 Å². The maximum Gasteiger partial charge on any atom is 0.123 e. The molecule has 0 fully saturated rings. The van der Waals surface area contributed by atoms with Crippen molar-refractivity contribution < 1.29 is 4.74 Å². The summed E-state index contributed by atoms with van der Waals surface area (Å²) in [7, 11) is 2.05. The number of hydrogen-bond donors (Lipinski definition) is 1.